The number of para-hydroxylation sites is 1. The maximum Gasteiger partial charge on any atom is 0.187 e. The number of sulfone groups is 1. The lowest BCUT2D eigenvalue weighted by molar-refractivity contribution is 0.395. The van der Waals surface area contributed by atoms with Gasteiger partial charge in [-0.2, -0.15) is 0 Å². The number of anilines is 1. The van der Waals surface area contributed by atoms with Gasteiger partial charge in [0.1, 0.15) is 0 Å². The largest absolute Gasteiger partial charge is 0.503 e. The van der Waals surface area contributed by atoms with Crippen molar-refractivity contribution >= 4 is 15.5 Å². The Labute approximate surface area is 121 Å². The number of phenols is 1. The zero-order valence-electron chi connectivity index (χ0n) is 11.1. The van der Waals surface area contributed by atoms with Gasteiger partial charge in [-0.05, 0) is 29.8 Å². The number of benzene rings is 2. The molecule has 2 N–H and O–H groups in total. The van der Waals surface area contributed by atoms with E-state index in [1.807, 2.05) is 0 Å². The van der Waals surface area contributed by atoms with Crippen molar-refractivity contribution in [3.05, 3.63) is 53.6 Å². The molecule has 0 radical (unpaired) electrons. The fraction of sp³-hybridized carbons (Fsp3) is 0.143. The Kier molecular flexibility index (Phi) is 4.13. The lowest BCUT2D eigenvalue weighted by Crippen LogP contribution is -2.06. The van der Waals surface area contributed by atoms with Gasteiger partial charge in [0.05, 0.1) is 10.6 Å². The van der Waals surface area contributed by atoms with Crippen molar-refractivity contribution in [3.8, 4) is 5.75 Å². The highest BCUT2D eigenvalue weighted by Crippen LogP contribution is 2.24. The van der Waals surface area contributed by atoms with Crippen molar-refractivity contribution in [2.45, 2.75) is 11.4 Å². The minimum atomic E-state index is -3.41. The molecular formula is C14H13F2NO3S. The molecule has 0 aromatic heterocycles. The molecule has 0 fully saturated rings. The van der Waals surface area contributed by atoms with Gasteiger partial charge in [0, 0.05) is 12.8 Å². The second-order valence-corrected chi connectivity index (χ2v) is 6.51. The van der Waals surface area contributed by atoms with Crippen LogP contribution in [0.1, 0.15) is 5.56 Å². The maximum absolute atomic E-state index is 13.2. The van der Waals surface area contributed by atoms with Gasteiger partial charge in [-0.25, -0.2) is 17.2 Å². The number of rotatable bonds is 4. The van der Waals surface area contributed by atoms with Crippen LogP contribution in [0.4, 0.5) is 14.5 Å². The summed E-state index contributed by atoms with van der Waals surface area (Å²) < 4.78 is 49.7. The smallest absolute Gasteiger partial charge is 0.187 e. The first-order valence-electron chi connectivity index (χ1n) is 5.99. The Bertz CT molecular complexity index is 753. The topological polar surface area (TPSA) is 66.4 Å². The molecule has 0 spiro atoms. The first kappa shape index (κ1) is 15.2. The average Bonchev–Trinajstić information content (AvgIpc) is 2.41. The van der Waals surface area contributed by atoms with Crippen LogP contribution >= 0.6 is 0 Å². The van der Waals surface area contributed by atoms with Crippen LogP contribution in [0.25, 0.3) is 0 Å². The van der Waals surface area contributed by atoms with E-state index in [2.05, 4.69) is 5.32 Å². The molecule has 2 rings (SSSR count). The van der Waals surface area contributed by atoms with Crippen molar-refractivity contribution in [1.82, 2.24) is 0 Å². The highest BCUT2D eigenvalue weighted by atomic mass is 32.2. The number of hydrogen-bond donors (Lipinski definition) is 2. The lowest BCUT2D eigenvalue weighted by Gasteiger charge is -2.11. The monoisotopic (exact) mass is 313 g/mol. The van der Waals surface area contributed by atoms with E-state index in [-0.39, 0.29) is 17.0 Å². The van der Waals surface area contributed by atoms with Crippen LogP contribution in [0.3, 0.4) is 0 Å². The lowest BCUT2D eigenvalue weighted by atomic mass is 10.2. The fourth-order valence-electron chi connectivity index (χ4n) is 1.85. The summed E-state index contributed by atoms with van der Waals surface area (Å²) in [6.07, 6.45) is 1.08. The zero-order valence-corrected chi connectivity index (χ0v) is 11.9. The summed E-state index contributed by atoms with van der Waals surface area (Å²) in [5, 5.41) is 11.8. The molecule has 2 aromatic carbocycles. The van der Waals surface area contributed by atoms with Crippen molar-refractivity contribution in [3.63, 3.8) is 0 Å². The predicted molar refractivity (Wildman–Crippen MR) is 74.9 cm³/mol. The summed E-state index contributed by atoms with van der Waals surface area (Å²) in [7, 11) is -3.41. The molecule has 0 saturated carbocycles. The highest BCUT2D eigenvalue weighted by molar-refractivity contribution is 7.90. The third-order valence-electron chi connectivity index (χ3n) is 2.85. The number of halogens is 2. The summed E-state index contributed by atoms with van der Waals surface area (Å²) in [6.45, 7) is 0.0145. The molecule has 7 heteroatoms. The van der Waals surface area contributed by atoms with Gasteiger partial charge in [0.25, 0.3) is 0 Å². The van der Waals surface area contributed by atoms with Gasteiger partial charge in [-0.3, -0.25) is 0 Å². The molecule has 2 aromatic rings. The third kappa shape index (κ3) is 3.49. The second-order valence-electron chi connectivity index (χ2n) is 4.53. The predicted octanol–water partition coefficient (Wildman–Crippen LogP) is 2.69. The third-order valence-corrected chi connectivity index (χ3v) is 4.00. The standard InChI is InChI=1S/C14H13F2NO3S/c1-21(19,20)13-5-3-2-4-12(13)17-8-9-6-10(15)14(18)11(16)7-9/h2-7,17-18H,8H2,1H3. The van der Waals surface area contributed by atoms with Gasteiger partial charge in [-0.15, -0.1) is 0 Å². The summed E-state index contributed by atoms with van der Waals surface area (Å²) in [5.41, 5.74) is 0.583. The van der Waals surface area contributed by atoms with Gasteiger partial charge >= 0.3 is 0 Å². The average molecular weight is 313 g/mol. The number of hydrogen-bond acceptors (Lipinski definition) is 4. The summed E-state index contributed by atoms with van der Waals surface area (Å²) >= 11 is 0. The van der Waals surface area contributed by atoms with E-state index in [0.29, 0.717) is 5.69 Å². The molecule has 0 aliphatic rings. The molecule has 0 atom stereocenters. The number of aromatic hydroxyl groups is 1. The molecule has 0 bridgehead atoms. The summed E-state index contributed by atoms with van der Waals surface area (Å²) in [5.74, 6) is -3.17. The Hall–Kier alpha value is -2.15. The van der Waals surface area contributed by atoms with Crippen LogP contribution in [-0.4, -0.2) is 19.8 Å². The molecule has 0 unspecified atom stereocenters. The van der Waals surface area contributed by atoms with Crippen LogP contribution in [0.5, 0.6) is 5.75 Å². The molecule has 4 nitrogen and oxygen atoms in total. The van der Waals surface area contributed by atoms with Crippen molar-refractivity contribution < 1.29 is 22.3 Å². The Morgan fingerprint density at radius 3 is 2.29 bits per heavy atom. The minimum Gasteiger partial charge on any atom is -0.503 e. The van der Waals surface area contributed by atoms with Gasteiger partial charge in [0.2, 0.25) is 0 Å². The Morgan fingerprint density at radius 1 is 1.14 bits per heavy atom. The SMILES string of the molecule is CS(=O)(=O)c1ccccc1NCc1cc(F)c(O)c(F)c1. The summed E-state index contributed by atoms with van der Waals surface area (Å²) in [6, 6.07) is 8.19. The van der Waals surface area contributed by atoms with E-state index in [1.54, 1.807) is 18.2 Å². The Morgan fingerprint density at radius 2 is 1.71 bits per heavy atom. The van der Waals surface area contributed by atoms with Gasteiger partial charge in [-0.1, -0.05) is 12.1 Å². The zero-order chi connectivity index (χ0) is 15.6. The van der Waals surface area contributed by atoms with E-state index >= 15 is 0 Å². The van der Waals surface area contributed by atoms with Crippen LogP contribution in [0.2, 0.25) is 0 Å². The molecule has 0 aliphatic carbocycles. The minimum absolute atomic E-state index is 0.0145. The quantitative estimate of drug-likeness (QED) is 0.911. The van der Waals surface area contributed by atoms with E-state index in [1.165, 1.54) is 6.07 Å². The fourth-order valence-corrected chi connectivity index (χ4v) is 2.72. The second kappa shape index (κ2) is 5.69. The van der Waals surface area contributed by atoms with Crippen LogP contribution < -0.4 is 5.32 Å². The molecule has 112 valence electrons. The van der Waals surface area contributed by atoms with E-state index in [9.17, 15) is 17.2 Å². The summed E-state index contributed by atoms with van der Waals surface area (Å²) in [4.78, 5) is 0.102. The first-order chi connectivity index (χ1) is 9.79. The van der Waals surface area contributed by atoms with Crippen LogP contribution in [-0.2, 0) is 16.4 Å². The highest BCUT2D eigenvalue weighted by Gasteiger charge is 2.13. The van der Waals surface area contributed by atoms with E-state index in [4.69, 9.17) is 5.11 Å². The molecular weight excluding hydrogens is 300 g/mol. The maximum atomic E-state index is 13.2. The molecule has 0 aliphatic heterocycles. The van der Waals surface area contributed by atoms with Crippen molar-refractivity contribution in [1.29, 1.82) is 0 Å². The van der Waals surface area contributed by atoms with Gasteiger partial charge in [0.15, 0.2) is 27.2 Å². The van der Waals surface area contributed by atoms with Crippen LogP contribution in [0.15, 0.2) is 41.3 Å². The Balaban J connectivity index is 2.26. The molecule has 0 heterocycles. The normalized spacial score (nSPS) is 11.4. The molecule has 0 saturated heterocycles. The number of nitrogens with one attached hydrogen (secondary N) is 1. The first-order valence-corrected chi connectivity index (χ1v) is 7.88. The molecule has 21 heavy (non-hydrogen) atoms. The van der Waals surface area contributed by atoms with Crippen molar-refractivity contribution in [2.75, 3.05) is 11.6 Å². The molecule has 0 amide bonds. The van der Waals surface area contributed by atoms with E-state index in [0.717, 1.165) is 18.4 Å². The number of phenolic OH excluding ortho intramolecular Hbond substituents is 1. The van der Waals surface area contributed by atoms with E-state index < -0.39 is 27.2 Å². The van der Waals surface area contributed by atoms with Crippen LogP contribution in [0, 0.1) is 11.6 Å². The van der Waals surface area contributed by atoms with Crippen molar-refractivity contribution in [2.24, 2.45) is 0 Å². The van der Waals surface area contributed by atoms with Gasteiger partial charge < -0.3 is 10.4 Å².